The number of hydrogen-bond acceptors (Lipinski definition) is 3. The molecule has 0 fully saturated rings. The van der Waals surface area contributed by atoms with Crippen LogP contribution in [0.3, 0.4) is 0 Å². The van der Waals surface area contributed by atoms with Crippen LogP contribution in [0.1, 0.15) is 43.1 Å². The maximum Gasteiger partial charge on any atom is 0.308 e. The van der Waals surface area contributed by atoms with E-state index in [1.54, 1.807) is 12.1 Å². The number of aliphatic carboxylic acids is 1. The van der Waals surface area contributed by atoms with Crippen LogP contribution in [0.15, 0.2) is 24.3 Å². The van der Waals surface area contributed by atoms with E-state index in [9.17, 15) is 14.7 Å². The fourth-order valence-electron chi connectivity index (χ4n) is 2.13. The fourth-order valence-corrected chi connectivity index (χ4v) is 2.76. The van der Waals surface area contributed by atoms with E-state index in [0.29, 0.717) is 12.0 Å². The molecule has 4 nitrogen and oxygen atoms in total. The Morgan fingerprint density at radius 2 is 1.86 bits per heavy atom. The Kier molecular flexibility index (Phi) is 8.02. The molecular weight excluding hydrogens is 298 g/mol. The highest BCUT2D eigenvalue weighted by Gasteiger charge is 2.19. The van der Waals surface area contributed by atoms with E-state index in [4.69, 9.17) is 0 Å². The third kappa shape index (κ3) is 6.52. The molecule has 0 aliphatic rings. The van der Waals surface area contributed by atoms with E-state index in [1.165, 1.54) is 5.56 Å². The predicted octanol–water partition coefficient (Wildman–Crippen LogP) is 3.42. The van der Waals surface area contributed by atoms with Gasteiger partial charge in [0.05, 0.1) is 5.92 Å². The van der Waals surface area contributed by atoms with Gasteiger partial charge in [-0.1, -0.05) is 32.9 Å². The Morgan fingerprint density at radius 3 is 2.36 bits per heavy atom. The SMILES string of the molecule is CCSCc1ccc(C(=O)NCC(CC(C)C)C(=O)O)cc1. The molecule has 1 rings (SSSR count). The first-order valence-corrected chi connectivity index (χ1v) is 8.77. The van der Waals surface area contributed by atoms with Gasteiger partial charge < -0.3 is 10.4 Å². The molecule has 0 aromatic heterocycles. The summed E-state index contributed by atoms with van der Waals surface area (Å²) in [4.78, 5) is 23.2. The number of hydrogen-bond donors (Lipinski definition) is 2. The van der Waals surface area contributed by atoms with Gasteiger partial charge in [-0.25, -0.2) is 0 Å². The molecule has 122 valence electrons. The highest BCUT2D eigenvalue weighted by Crippen LogP contribution is 2.14. The molecule has 0 aliphatic heterocycles. The number of carboxylic acids is 1. The van der Waals surface area contributed by atoms with Gasteiger partial charge in [-0.15, -0.1) is 0 Å². The summed E-state index contributed by atoms with van der Waals surface area (Å²) >= 11 is 1.83. The number of carbonyl (C=O) groups excluding carboxylic acids is 1. The molecule has 5 heteroatoms. The second-order valence-corrected chi connectivity index (χ2v) is 6.98. The number of carboxylic acid groups (broad SMARTS) is 1. The summed E-state index contributed by atoms with van der Waals surface area (Å²) in [7, 11) is 0. The third-order valence-corrected chi connectivity index (χ3v) is 4.25. The normalized spacial score (nSPS) is 12.2. The molecule has 0 radical (unpaired) electrons. The molecular formula is C17H25NO3S. The fraction of sp³-hybridized carbons (Fsp3) is 0.529. The van der Waals surface area contributed by atoms with Crippen LogP contribution in [0, 0.1) is 11.8 Å². The first-order valence-electron chi connectivity index (χ1n) is 7.61. The standard InChI is InChI=1S/C17H25NO3S/c1-4-22-11-13-5-7-14(8-6-13)16(19)18-10-15(17(20)21)9-12(2)3/h5-8,12,15H,4,9-11H2,1-3H3,(H,18,19)(H,20,21). The minimum atomic E-state index is -0.860. The largest absolute Gasteiger partial charge is 0.481 e. The highest BCUT2D eigenvalue weighted by molar-refractivity contribution is 7.98. The van der Waals surface area contributed by atoms with Crippen LogP contribution in [0.5, 0.6) is 0 Å². The minimum absolute atomic E-state index is 0.166. The van der Waals surface area contributed by atoms with Gasteiger partial charge in [0.15, 0.2) is 0 Å². The summed E-state index contributed by atoms with van der Waals surface area (Å²) in [6.45, 7) is 6.23. The Bertz CT molecular complexity index is 485. The molecule has 1 amide bonds. The molecule has 0 saturated heterocycles. The zero-order chi connectivity index (χ0) is 16.5. The lowest BCUT2D eigenvalue weighted by Gasteiger charge is -2.15. The quantitative estimate of drug-likeness (QED) is 0.731. The first kappa shape index (κ1) is 18.6. The number of benzene rings is 1. The molecule has 0 saturated carbocycles. The van der Waals surface area contributed by atoms with Crippen LogP contribution in [0.25, 0.3) is 0 Å². The van der Waals surface area contributed by atoms with E-state index in [2.05, 4.69) is 12.2 Å². The molecule has 1 atom stereocenters. The summed E-state index contributed by atoms with van der Waals surface area (Å²) in [5, 5.41) is 11.9. The monoisotopic (exact) mass is 323 g/mol. The summed E-state index contributed by atoms with van der Waals surface area (Å²) in [6, 6.07) is 7.47. The summed E-state index contributed by atoms with van der Waals surface area (Å²) < 4.78 is 0. The van der Waals surface area contributed by atoms with Crippen molar-refractivity contribution in [3.05, 3.63) is 35.4 Å². The van der Waals surface area contributed by atoms with Crippen LogP contribution in [-0.2, 0) is 10.5 Å². The van der Waals surface area contributed by atoms with E-state index >= 15 is 0 Å². The van der Waals surface area contributed by atoms with Gasteiger partial charge >= 0.3 is 5.97 Å². The summed E-state index contributed by atoms with van der Waals surface area (Å²) in [6.07, 6.45) is 0.558. The van der Waals surface area contributed by atoms with Crippen LogP contribution in [0.4, 0.5) is 0 Å². The summed E-state index contributed by atoms with van der Waals surface area (Å²) in [5.74, 6) is 0.672. The Hall–Kier alpha value is -1.49. The van der Waals surface area contributed by atoms with Crippen molar-refractivity contribution >= 4 is 23.6 Å². The lowest BCUT2D eigenvalue weighted by atomic mass is 9.97. The van der Waals surface area contributed by atoms with E-state index in [1.807, 2.05) is 37.7 Å². The topological polar surface area (TPSA) is 66.4 Å². The van der Waals surface area contributed by atoms with E-state index < -0.39 is 11.9 Å². The van der Waals surface area contributed by atoms with Gasteiger partial charge in [0.25, 0.3) is 5.91 Å². The zero-order valence-corrected chi connectivity index (χ0v) is 14.3. The molecule has 0 aliphatic carbocycles. The second kappa shape index (κ2) is 9.51. The lowest BCUT2D eigenvalue weighted by Crippen LogP contribution is -2.33. The van der Waals surface area contributed by atoms with Crippen LogP contribution >= 0.6 is 11.8 Å². The van der Waals surface area contributed by atoms with Crippen molar-refractivity contribution in [3.8, 4) is 0 Å². The molecule has 0 bridgehead atoms. The van der Waals surface area contributed by atoms with Crippen LogP contribution in [0.2, 0.25) is 0 Å². The molecule has 2 N–H and O–H groups in total. The molecule has 22 heavy (non-hydrogen) atoms. The zero-order valence-electron chi connectivity index (χ0n) is 13.5. The highest BCUT2D eigenvalue weighted by atomic mass is 32.2. The Morgan fingerprint density at radius 1 is 1.23 bits per heavy atom. The second-order valence-electron chi connectivity index (χ2n) is 5.71. The molecule has 1 unspecified atom stereocenters. The number of rotatable bonds is 9. The molecule has 0 spiro atoms. The molecule has 0 heterocycles. The van der Waals surface area contributed by atoms with E-state index in [-0.39, 0.29) is 18.4 Å². The Labute approximate surface area is 136 Å². The minimum Gasteiger partial charge on any atom is -0.481 e. The van der Waals surface area contributed by atoms with Gasteiger partial charge in [-0.05, 0) is 35.8 Å². The van der Waals surface area contributed by atoms with Gasteiger partial charge in [0.2, 0.25) is 0 Å². The average molecular weight is 323 g/mol. The smallest absolute Gasteiger partial charge is 0.308 e. The Balaban J connectivity index is 2.55. The van der Waals surface area contributed by atoms with Crippen LogP contribution < -0.4 is 5.32 Å². The van der Waals surface area contributed by atoms with Crippen molar-refractivity contribution in [2.45, 2.75) is 32.9 Å². The predicted molar refractivity (Wildman–Crippen MR) is 91.2 cm³/mol. The number of amides is 1. The van der Waals surface area contributed by atoms with Gasteiger partial charge in [0.1, 0.15) is 0 Å². The van der Waals surface area contributed by atoms with Crippen molar-refractivity contribution in [3.63, 3.8) is 0 Å². The van der Waals surface area contributed by atoms with Gasteiger partial charge in [0, 0.05) is 17.9 Å². The van der Waals surface area contributed by atoms with E-state index in [0.717, 1.165) is 11.5 Å². The maximum atomic E-state index is 12.1. The van der Waals surface area contributed by atoms with Crippen molar-refractivity contribution in [1.82, 2.24) is 5.32 Å². The van der Waals surface area contributed by atoms with Gasteiger partial charge in [-0.3, -0.25) is 9.59 Å². The van der Waals surface area contributed by atoms with Crippen molar-refractivity contribution in [2.75, 3.05) is 12.3 Å². The summed E-state index contributed by atoms with van der Waals surface area (Å²) in [5.41, 5.74) is 1.76. The van der Waals surface area contributed by atoms with Crippen molar-refractivity contribution in [1.29, 1.82) is 0 Å². The lowest BCUT2D eigenvalue weighted by molar-refractivity contribution is -0.142. The molecule has 1 aromatic carbocycles. The number of nitrogens with one attached hydrogen (secondary N) is 1. The number of carbonyl (C=O) groups is 2. The average Bonchev–Trinajstić information content (AvgIpc) is 2.49. The van der Waals surface area contributed by atoms with Crippen LogP contribution in [-0.4, -0.2) is 29.3 Å². The third-order valence-electron chi connectivity index (χ3n) is 3.30. The number of thioether (sulfide) groups is 1. The van der Waals surface area contributed by atoms with Crippen molar-refractivity contribution in [2.24, 2.45) is 11.8 Å². The van der Waals surface area contributed by atoms with Crippen molar-refractivity contribution < 1.29 is 14.7 Å². The molecule has 1 aromatic rings. The maximum absolute atomic E-state index is 12.1. The first-order chi connectivity index (χ1) is 10.4. The van der Waals surface area contributed by atoms with Gasteiger partial charge in [-0.2, -0.15) is 11.8 Å².